The molecule has 2 heterocycles. The summed E-state index contributed by atoms with van der Waals surface area (Å²) in [5.74, 6) is -0.486. The number of piperazine rings is 1. The van der Waals surface area contributed by atoms with E-state index < -0.39 is 5.91 Å². The average Bonchev–Trinajstić information content (AvgIpc) is 2.64. The number of hydrogen-bond acceptors (Lipinski definition) is 6. The Morgan fingerprint density at radius 3 is 2.76 bits per heavy atom. The van der Waals surface area contributed by atoms with Crippen molar-refractivity contribution in [3.05, 3.63) is 5.56 Å². The fourth-order valence-electron chi connectivity index (χ4n) is 1.67. The van der Waals surface area contributed by atoms with Gasteiger partial charge in [0.2, 0.25) is 5.91 Å². The Hall–Kier alpha value is -1.83. The van der Waals surface area contributed by atoms with Gasteiger partial charge in [0.05, 0.1) is 6.54 Å². The number of carbonyl (C=O) groups excluding carboxylic acids is 2. The largest absolute Gasteiger partial charge is 0.382 e. The van der Waals surface area contributed by atoms with E-state index in [0.717, 1.165) is 11.5 Å². The normalized spacial score (nSPS) is 16.4. The number of rotatable bonds is 2. The summed E-state index contributed by atoms with van der Waals surface area (Å²) in [5, 5.41) is 0.580. The quantitative estimate of drug-likeness (QED) is 0.712. The number of anilines is 2. The van der Waals surface area contributed by atoms with Crippen molar-refractivity contribution in [3.8, 4) is 0 Å². The zero-order chi connectivity index (χ0) is 12.6. The molecular weight excluding hydrogens is 242 g/mol. The zero-order valence-corrected chi connectivity index (χ0v) is 10.2. The van der Waals surface area contributed by atoms with Crippen LogP contribution in [0, 0.1) is 0 Å². The van der Waals surface area contributed by atoms with Crippen molar-refractivity contribution in [1.82, 2.24) is 9.27 Å². The van der Waals surface area contributed by atoms with Crippen LogP contribution in [0.25, 0.3) is 0 Å². The first-order valence-corrected chi connectivity index (χ1v) is 5.82. The van der Waals surface area contributed by atoms with Gasteiger partial charge in [-0.05, 0) is 11.5 Å². The predicted octanol–water partition coefficient (Wildman–Crippen LogP) is -0.897. The van der Waals surface area contributed by atoms with Crippen molar-refractivity contribution < 1.29 is 9.59 Å². The van der Waals surface area contributed by atoms with Gasteiger partial charge in [0.1, 0.15) is 10.6 Å². The van der Waals surface area contributed by atoms with E-state index >= 15 is 0 Å². The fraction of sp³-hybridized carbons (Fsp3) is 0.444. The van der Waals surface area contributed by atoms with Crippen LogP contribution < -0.4 is 16.4 Å². The van der Waals surface area contributed by atoms with Crippen molar-refractivity contribution in [2.24, 2.45) is 5.73 Å². The second kappa shape index (κ2) is 4.21. The van der Waals surface area contributed by atoms with E-state index in [4.69, 9.17) is 11.5 Å². The highest BCUT2D eigenvalue weighted by atomic mass is 32.1. The molecule has 1 aliphatic heterocycles. The second-order valence-corrected chi connectivity index (χ2v) is 4.60. The van der Waals surface area contributed by atoms with Gasteiger partial charge in [-0.15, -0.1) is 0 Å². The summed E-state index contributed by atoms with van der Waals surface area (Å²) in [6, 6.07) is 0. The molecule has 0 spiro atoms. The topological polar surface area (TPSA) is 106 Å². The first-order valence-electron chi connectivity index (χ1n) is 5.04. The SMILES string of the molecule is CN1CCN(c2snc(N)c2C(N)=O)CC1=O. The van der Waals surface area contributed by atoms with Crippen molar-refractivity contribution >= 4 is 34.2 Å². The van der Waals surface area contributed by atoms with Crippen LogP contribution in [0.2, 0.25) is 0 Å². The van der Waals surface area contributed by atoms with E-state index in [0.29, 0.717) is 18.1 Å². The van der Waals surface area contributed by atoms with Crippen LogP contribution >= 0.6 is 11.5 Å². The lowest BCUT2D eigenvalue weighted by atomic mass is 10.2. The molecule has 1 aromatic rings. The van der Waals surface area contributed by atoms with Crippen LogP contribution in [0.4, 0.5) is 10.8 Å². The number of nitrogens with two attached hydrogens (primary N) is 2. The predicted molar refractivity (Wildman–Crippen MR) is 64.9 cm³/mol. The van der Waals surface area contributed by atoms with Crippen molar-refractivity contribution in [2.75, 3.05) is 37.3 Å². The number of nitrogens with zero attached hydrogens (tertiary/aromatic N) is 3. The smallest absolute Gasteiger partial charge is 0.255 e. The summed E-state index contributed by atoms with van der Waals surface area (Å²) in [7, 11) is 1.75. The number of carbonyl (C=O) groups is 2. The number of hydrogen-bond donors (Lipinski definition) is 2. The molecule has 1 fully saturated rings. The fourth-order valence-corrected chi connectivity index (χ4v) is 2.52. The van der Waals surface area contributed by atoms with Gasteiger partial charge in [-0.1, -0.05) is 0 Å². The van der Waals surface area contributed by atoms with E-state index in [2.05, 4.69) is 4.37 Å². The number of aromatic nitrogens is 1. The monoisotopic (exact) mass is 255 g/mol. The highest BCUT2D eigenvalue weighted by Gasteiger charge is 2.27. The Labute approximate surface area is 102 Å². The molecule has 0 radical (unpaired) electrons. The third-order valence-corrected chi connectivity index (χ3v) is 3.61. The van der Waals surface area contributed by atoms with Gasteiger partial charge in [-0.2, -0.15) is 4.37 Å². The number of likely N-dealkylation sites (N-methyl/N-ethyl adjacent to an activating group) is 1. The van der Waals surface area contributed by atoms with Crippen LogP contribution in [0.15, 0.2) is 0 Å². The standard InChI is InChI=1S/C9H13N5O2S/c1-13-2-3-14(4-5(13)15)9-6(8(11)16)7(10)12-17-9/h2-4H2,1H3,(H2,10,12)(H2,11,16). The highest BCUT2D eigenvalue weighted by molar-refractivity contribution is 7.11. The molecule has 2 rings (SSSR count). The Kier molecular flexibility index (Phi) is 2.88. The first-order chi connectivity index (χ1) is 8.00. The Morgan fingerprint density at radius 1 is 1.47 bits per heavy atom. The van der Waals surface area contributed by atoms with E-state index in [1.807, 2.05) is 0 Å². The number of primary amides is 1. The number of nitrogen functional groups attached to an aromatic ring is 1. The van der Waals surface area contributed by atoms with Gasteiger partial charge >= 0.3 is 0 Å². The van der Waals surface area contributed by atoms with Crippen molar-refractivity contribution in [2.45, 2.75) is 0 Å². The van der Waals surface area contributed by atoms with Gasteiger partial charge in [0, 0.05) is 20.1 Å². The Balaban J connectivity index is 2.29. The Morgan fingerprint density at radius 2 is 2.18 bits per heavy atom. The average molecular weight is 255 g/mol. The molecule has 17 heavy (non-hydrogen) atoms. The minimum Gasteiger partial charge on any atom is -0.382 e. The molecular formula is C9H13N5O2S. The third kappa shape index (κ3) is 2.03. The van der Waals surface area contributed by atoms with Crippen LogP contribution in [0.3, 0.4) is 0 Å². The summed E-state index contributed by atoms with van der Waals surface area (Å²) in [5.41, 5.74) is 11.1. The van der Waals surface area contributed by atoms with Gasteiger partial charge in [-0.25, -0.2) is 0 Å². The maximum atomic E-state index is 11.6. The van der Waals surface area contributed by atoms with Gasteiger partial charge in [0.15, 0.2) is 5.82 Å². The summed E-state index contributed by atoms with van der Waals surface area (Å²) < 4.78 is 3.91. The molecule has 0 bridgehead atoms. The molecule has 92 valence electrons. The van der Waals surface area contributed by atoms with Gasteiger partial charge < -0.3 is 21.3 Å². The lowest BCUT2D eigenvalue weighted by molar-refractivity contribution is -0.129. The first kappa shape index (κ1) is 11.6. The number of amides is 2. The second-order valence-electron chi connectivity index (χ2n) is 3.85. The molecule has 1 saturated heterocycles. The molecule has 2 amide bonds. The molecule has 1 aliphatic rings. The molecule has 1 aromatic heterocycles. The van der Waals surface area contributed by atoms with Crippen molar-refractivity contribution in [1.29, 1.82) is 0 Å². The summed E-state index contributed by atoms with van der Waals surface area (Å²) in [4.78, 5) is 26.3. The molecule has 0 atom stereocenters. The molecule has 0 saturated carbocycles. The van der Waals surface area contributed by atoms with Crippen LogP contribution in [-0.4, -0.2) is 47.8 Å². The molecule has 0 aliphatic carbocycles. The molecule has 0 unspecified atom stereocenters. The minimum atomic E-state index is -0.613. The Bertz CT molecular complexity index is 472. The molecule has 0 aromatic carbocycles. The molecule has 8 heteroatoms. The summed E-state index contributed by atoms with van der Waals surface area (Å²) in [6.45, 7) is 1.47. The zero-order valence-electron chi connectivity index (χ0n) is 9.34. The minimum absolute atomic E-state index is 0.00126. The van der Waals surface area contributed by atoms with Crippen LogP contribution in [0.1, 0.15) is 10.4 Å². The van der Waals surface area contributed by atoms with Gasteiger partial charge in [0.25, 0.3) is 5.91 Å². The lowest BCUT2D eigenvalue weighted by Gasteiger charge is -2.32. The van der Waals surface area contributed by atoms with Crippen LogP contribution in [0.5, 0.6) is 0 Å². The maximum absolute atomic E-state index is 11.6. The highest BCUT2D eigenvalue weighted by Crippen LogP contribution is 2.30. The van der Waals surface area contributed by atoms with Gasteiger partial charge in [-0.3, -0.25) is 9.59 Å². The van der Waals surface area contributed by atoms with E-state index in [9.17, 15) is 9.59 Å². The third-order valence-electron chi connectivity index (χ3n) is 2.69. The lowest BCUT2D eigenvalue weighted by Crippen LogP contribution is -2.48. The molecule has 4 N–H and O–H groups in total. The van der Waals surface area contributed by atoms with E-state index in [1.165, 1.54) is 0 Å². The maximum Gasteiger partial charge on any atom is 0.255 e. The van der Waals surface area contributed by atoms with Crippen LogP contribution in [-0.2, 0) is 4.79 Å². The van der Waals surface area contributed by atoms with Crippen molar-refractivity contribution in [3.63, 3.8) is 0 Å². The summed E-state index contributed by atoms with van der Waals surface area (Å²) >= 11 is 1.09. The summed E-state index contributed by atoms with van der Waals surface area (Å²) in [6.07, 6.45) is 0. The van der Waals surface area contributed by atoms with E-state index in [-0.39, 0.29) is 23.8 Å². The van der Waals surface area contributed by atoms with E-state index in [1.54, 1.807) is 16.8 Å². The molecule has 7 nitrogen and oxygen atoms in total.